The molecule has 0 amide bonds. The molecule has 9 heteroatoms. The summed E-state index contributed by atoms with van der Waals surface area (Å²) in [6.07, 6.45) is -3.13. The molecule has 0 aliphatic carbocycles. The van der Waals surface area contributed by atoms with Gasteiger partial charge >= 0.3 is 6.18 Å². The van der Waals surface area contributed by atoms with Gasteiger partial charge in [-0.2, -0.15) is 18.3 Å². The van der Waals surface area contributed by atoms with Crippen molar-refractivity contribution in [2.75, 3.05) is 31.1 Å². The van der Waals surface area contributed by atoms with Gasteiger partial charge in [-0.1, -0.05) is 0 Å². The van der Waals surface area contributed by atoms with E-state index in [0.717, 1.165) is 26.2 Å². The normalized spacial score (nSPS) is 25.4. The number of anilines is 1. The number of halogens is 4. The lowest BCUT2D eigenvalue weighted by Crippen LogP contribution is -2.33. The summed E-state index contributed by atoms with van der Waals surface area (Å²) in [6.45, 7) is 2.09. The molecule has 0 bridgehead atoms. The first-order valence-corrected chi connectivity index (χ1v) is 7.42. The highest BCUT2D eigenvalue weighted by Crippen LogP contribution is 2.32. The van der Waals surface area contributed by atoms with Gasteiger partial charge in [0, 0.05) is 26.2 Å². The van der Waals surface area contributed by atoms with Crippen molar-refractivity contribution in [2.24, 2.45) is 11.8 Å². The molecular formula is C12H14BrF3N4O. The highest BCUT2D eigenvalue weighted by molar-refractivity contribution is 9.10. The molecule has 116 valence electrons. The molecule has 0 radical (unpaired) electrons. The van der Waals surface area contributed by atoms with Crippen molar-refractivity contribution in [3.05, 3.63) is 21.0 Å². The number of rotatable bonds is 2. The van der Waals surface area contributed by atoms with Crippen LogP contribution in [-0.2, 0) is 6.54 Å². The van der Waals surface area contributed by atoms with Gasteiger partial charge < -0.3 is 10.2 Å². The summed E-state index contributed by atoms with van der Waals surface area (Å²) in [7, 11) is 0. The number of aromatic nitrogens is 2. The van der Waals surface area contributed by atoms with Crippen molar-refractivity contribution >= 4 is 21.6 Å². The number of nitrogens with one attached hydrogen (secondary N) is 1. The van der Waals surface area contributed by atoms with E-state index in [9.17, 15) is 18.0 Å². The smallest absolute Gasteiger partial charge is 0.368 e. The third-order valence-electron chi connectivity index (χ3n) is 4.03. The van der Waals surface area contributed by atoms with Crippen LogP contribution in [0, 0.1) is 11.8 Å². The van der Waals surface area contributed by atoms with Crippen molar-refractivity contribution in [3.8, 4) is 0 Å². The fraction of sp³-hybridized carbons (Fsp3) is 0.667. The maximum atomic E-state index is 12.4. The summed E-state index contributed by atoms with van der Waals surface area (Å²) in [4.78, 5) is 14.0. The Hall–Kier alpha value is -1.09. The van der Waals surface area contributed by atoms with Crippen LogP contribution in [0.15, 0.2) is 15.5 Å². The molecule has 2 saturated heterocycles. The molecule has 0 spiro atoms. The van der Waals surface area contributed by atoms with E-state index in [-0.39, 0.29) is 4.47 Å². The van der Waals surface area contributed by atoms with Gasteiger partial charge in [0.15, 0.2) is 0 Å². The van der Waals surface area contributed by atoms with Gasteiger partial charge in [0.25, 0.3) is 5.56 Å². The highest BCUT2D eigenvalue weighted by atomic mass is 79.9. The van der Waals surface area contributed by atoms with Gasteiger partial charge in [0.1, 0.15) is 11.0 Å². The number of hydrogen-bond donors (Lipinski definition) is 1. The van der Waals surface area contributed by atoms with E-state index in [1.807, 2.05) is 4.90 Å². The minimum absolute atomic E-state index is 0.148. The molecule has 2 fully saturated rings. The van der Waals surface area contributed by atoms with Crippen LogP contribution in [0.25, 0.3) is 0 Å². The van der Waals surface area contributed by atoms with Crippen LogP contribution < -0.4 is 15.8 Å². The second-order valence-corrected chi connectivity index (χ2v) is 6.30. The Morgan fingerprint density at radius 2 is 1.95 bits per heavy atom. The van der Waals surface area contributed by atoms with Crippen LogP contribution in [0.4, 0.5) is 18.9 Å². The van der Waals surface area contributed by atoms with E-state index in [4.69, 9.17) is 0 Å². The van der Waals surface area contributed by atoms with Crippen LogP contribution in [0.1, 0.15) is 0 Å². The first-order chi connectivity index (χ1) is 9.85. The molecule has 3 rings (SSSR count). The fourth-order valence-electron chi connectivity index (χ4n) is 3.01. The third kappa shape index (κ3) is 2.94. The maximum absolute atomic E-state index is 12.4. The molecule has 0 saturated carbocycles. The number of nitrogens with zero attached hydrogens (tertiary/aromatic N) is 3. The van der Waals surface area contributed by atoms with Crippen molar-refractivity contribution in [1.82, 2.24) is 15.1 Å². The van der Waals surface area contributed by atoms with Gasteiger partial charge in [-0.25, -0.2) is 4.68 Å². The minimum Gasteiger partial charge on any atom is -0.368 e. The second-order valence-electron chi connectivity index (χ2n) is 5.51. The van der Waals surface area contributed by atoms with Gasteiger partial charge in [0.05, 0.1) is 11.9 Å². The zero-order valence-electron chi connectivity index (χ0n) is 11.0. The molecule has 1 N–H and O–H groups in total. The van der Waals surface area contributed by atoms with Gasteiger partial charge in [-0.05, 0) is 27.8 Å². The molecule has 2 atom stereocenters. The van der Waals surface area contributed by atoms with Crippen molar-refractivity contribution in [3.63, 3.8) is 0 Å². The van der Waals surface area contributed by atoms with E-state index >= 15 is 0 Å². The van der Waals surface area contributed by atoms with E-state index < -0.39 is 18.3 Å². The lowest BCUT2D eigenvalue weighted by molar-refractivity contribution is -0.143. The van der Waals surface area contributed by atoms with Crippen molar-refractivity contribution in [1.29, 1.82) is 0 Å². The number of alkyl halides is 3. The molecule has 0 aromatic carbocycles. The fourth-order valence-corrected chi connectivity index (χ4v) is 3.57. The zero-order valence-corrected chi connectivity index (χ0v) is 12.6. The van der Waals surface area contributed by atoms with Crippen LogP contribution >= 0.6 is 15.9 Å². The molecular weight excluding hydrogens is 353 g/mol. The molecule has 2 aliphatic heterocycles. The molecule has 1 aromatic rings. The lowest BCUT2D eigenvalue weighted by Gasteiger charge is -2.21. The lowest BCUT2D eigenvalue weighted by atomic mass is 10.0. The summed E-state index contributed by atoms with van der Waals surface area (Å²) in [5.41, 5.74) is -0.173. The number of fused-ring (bicyclic) bond motifs is 1. The quantitative estimate of drug-likeness (QED) is 0.855. The average Bonchev–Trinajstić information content (AvgIpc) is 2.94. The van der Waals surface area contributed by atoms with Crippen LogP contribution in [0.2, 0.25) is 0 Å². The second kappa shape index (κ2) is 5.28. The molecule has 3 heterocycles. The Balaban J connectivity index is 1.85. The molecule has 1 aromatic heterocycles. The Labute approximate surface area is 127 Å². The average molecular weight is 367 g/mol. The molecule has 5 nitrogen and oxygen atoms in total. The first kappa shape index (κ1) is 14.8. The van der Waals surface area contributed by atoms with Gasteiger partial charge in [0.2, 0.25) is 0 Å². The standard InChI is InChI=1S/C12H14BrF3N4O/c13-10-9(19-4-7-1-17-2-8(7)5-19)3-18-20(11(10)21)6-12(14,15)16/h3,7-8,17H,1-2,4-6H2/t7-,8+. The monoisotopic (exact) mass is 366 g/mol. The Morgan fingerprint density at radius 3 is 2.52 bits per heavy atom. The third-order valence-corrected chi connectivity index (χ3v) is 4.77. The minimum atomic E-state index is -4.46. The zero-order chi connectivity index (χ0) is 15.2. The summed E-state index contributed by atoms with van der Waals surface area (Å²) < 4.78 is 37.7. The van der Waals surface area contributed by atoms with E-state index in [1.165, 1.54) is 6.20 Å². The van der Waals surface area contributed by atoms with Crippen molar-refractivity contribution < 1.29 is 13.2 Å². The summed E-state index contributed by atoms with van der Waals surface area (Å²) >= 11 is 3.13. The van der Waals surface area contributed by atoms with Gasteiger partial charge in [-0.15, -0.1) is 0 Å². The molecule has 0 unspecified atom stereocenters. The number of hydrogen-bond acceptors (Lipinski definition) is 4. The SMILES string of the molecule is O=c1c(Br)c(N2C[C@H]3CNC[C@H]3C2)cnn1CC(F)(F)F. The van der Waals surface area contributed by atoms with Crippen LogP contribution in [-0.4, -0.2) is 42.1 Å². The summed E-state index contributed by atoms with van der Waals surface area (Å²) in [5.74, 6) is 1.05. The van der Waals surface area contributed by atoms with E-state index in [1.54, 1.807) is 0 Å². The topological polar surface area (TPSA) is 50.2 Å². The van der Waals surface area contributed by atoms with Crippen LogP contribution in [0.5, 0.6) is 0 Å². The Morgan fingerprint density at radius 1 is 1.33 bits per heavy atom. The predicted molar refractivity (Wildman–Crippen MR) is 74.3 cm³/mol. The van der Waals surface area contributed by atoms with E-state index in [2.05, 4.69) is 26.3 Å². The van der Waals surface area contributed by atoms with Crippen molar-refractivity contribution in [2.45, 2.75) is 12.7 Å². The molecule has 21 heavy (non-hydrogen) atoms. The van der Waals surface area contributed by atoms with E-state index in [0.29, 0.717) is 22.2 Å². The Bertz CT molecular complexity index is 591. The summed E-state index contributed by atoms with van der Waals surface area (Å²) in [5, 5.41) is 6.97. The highest BCUT2D eigenvalue weighted by Gasteiger charge is 2.37. The first-order valence-electron chi connectivity index (χ1n) is 6.63. The largest absolute Gasteiger partial charge is 0.408 e. The predicted octanol–water partition coefficient (Wildman–Crippen LogP) is 1.22. The van der Waals surface area contributed by atoms with Crippen LogP contribution in [0.3, 0.4) is 0 Å². The van der Waals surface area contributed by atoms with Gasteiger partial charge in [-0.3, -0.25) is 4.79 Å². The Kier molecular flexibility index (Phi) is 3.73. The maximum Gasteiger partial charge on any atom is 0.408 e. The summed E-state index contributed by atoms with van der Waals surface area (Å²) in [6, 6.07) is 0. The molecule has 2 aliphatic rings.